The quantitative estimate of drug-likeness (QED) is 0.182. The number of para-hydroxylation sites is 2. The molecule has 0 radical (unpaired) electrons. The lowest BCUT2D eigenvalue weighted by Gasteiger charge is -2.26. The summed E-state index contributed by atoms with van der Waals surface area (Å²) in [5.74, 6) is 0.199. The number of pyridine rings is 3. The Labute approximate surface area is 353 Å². The highest BCUT2D eigenvalue weighted by Crippen LogP contribution is 2.41. The average Bonchev–Trinajstić information content (AvgIpc) is 3.56. The monoisotopic (exact) mass is 782 g/mol. The summed E-state index contributed by atoms with van der Waals surface area (Å²) in [6, 6.07) is 51.1. The van der Waals surface area contributed by atoms with Crippen LogP contribution in [0.5, 0.6) is 5.75 Å². The van der Waals surface area contributed by atoms with Gasteiger partial charge in [0.25, 0.3) is 0 Å². The molecule has 0 aliphatic rings. The number of phenols is 1. The second-order valence-corrected chi connectivity index (χ2v) is 18.1. The Bertz CT molecular complexity index is 3050. The molecule has 0 fully saturated rings. The van der Waals surface area contributed by atoms with Crippen LogP contribution in [0.15, 0.2) is 152 Å². The summed E-state index contributed by atoms with van der Waals surface area (Å²) in [5.41, 5.74) is 17.3. The van der Waals surface area contributed by atoms with Crippen LogP contribution < -0.4 is 0 Å². The number of fused-ring (bicyclic) bond motifs is 3. The molecule has 9 aromatic rings. The van der Waals surface area contributed by atoms with Gasteiger partial charge in [-0.15, -0.1) is 0 Å². The third-order valence-corrected chi connectivity index (χ3v) is 11.6. The van der Waals surface area contributed by atoms with Crippen LogP contribution in [0, 0.1) is 13.8 Å². The van der Waals surface area contributed by atoms with Gasteiger partial charge < -0.3 is 9.67 Å². The Kier molecular flexibility index (Phi) is 9.51. The molecule has 0 atom stereocenters. The van der Waals surface area contributed by atoms with Gasteiger partial charge in [0.2, 0.25) is 0 Å². The predicted molar refractivity (Wildman–Crippen MR) is 250 cm³/mol. The highest BCUT2D eigenvalue weighted by molar-refractivity contribution is 6.10. The maximum atomic E-state index is 11.1. The van der Waals surface area contributed by atoms with Crippen molar-refractivity contribution in [2.45, 2.75) is 66.2 Å². The first kappa shape index (κ1) is 38.7. The normalized spacial score (nSPS) is 12.1. The third-order valence-electron chi connectivity index (χ3n) is 11.6. The zero-order valence-corrected chi connectivity index (χ0v) is 35.7. The molecule has 0 bridgehead atoms. The fourth-order valence-corrected chi connectivity index (χ4v) is 8.39. The number of aromatic hydroxyl groups is 1. The van der Waals surface area contributed by atoms with Crippen LogP contribution >= 0.6 is 0 Å². The summed E-state index contributed by atoms with van der Waals surface area (Å²) in [5, 5.41) is 13.5. The topological polar surface area (TPSA) is 63.8 Å². The minimum absolute atomic E-state index is 0.0411. The fourth-order valence-electron chi connectivity index (χ4n) is 8.39. The zero-order chi connectivity index (χ0) is 41.9. The average molecular weight is 783 g/mol. The van der Waals surface area contributed by atoms with Crippen molar-refractivity contribution in [3.8, 4) is 67.5 Å². The van der Waals surface area contributed by atoms with Crippen molar-refractivity contribution in [2.75, 3.05) is 0 Å². The molecular weight excluding hydrogens is 733 g/mol. The number of phenolic OH excluding ortho intramolecular Hbond substituents is 1. The maximum Gasteiger partial charge on any atom is 0.124 e. The number of benzene rings is 5. The Morgan fingerprint density at radius 3 is 1.83 bits per heavy atom. The van der Waals surface area contributed by atoms with E-state index < -0.39 is 0 Å². The van der Waals surface area contributed by atoms with Gasteiger partial charge in [-0.25, -0.2) is 4.98 Å². The molecule has 5 heteroatoms. The Balaban J connectivity index is 1.19. The van der Waals surface area contributed by atoms with E-state index in [1.54, 1.807) is 6.07 Å². The van der Waals surface area contributed by atoms with Gasteiger partial charge in [0.15, 0.2) is 0 Å². The summed E-state index contributed by atoms with van der Waals surface area (Å²) in [6.07, 6.45) is 1.87. The van der Waals surface area contributed by atoms with Crippen LogP contribution in [0.1, 0.15) is 64.1 Å². The van der Waals surface area contributed by atoms with E-state index in [0.717, 1.165) is 72.9 Å². The molecule has 0 aliphatic carbocycles. The standard InChI is InChI=1S/C55H50N4O/c1-34-25-43(26-35(2)57-34)59-50-20-11-9-17-45(50)47-30-36(22-23-51(47)59)44-19-14-24-56-53(44)38-16-13-15-37(27-38)48-31-40(32-49(58-48)46-18-10-12-21-52(46)60)39-28-41(54(3,4)5)33-42(29-39)55(6,7)8/h9-33,60H,1-8H3. The van der Waals surface area contributed by atoms with Gasteiger partial charge in [-0.3, -0.25) is 9.97 Å². The minimum Gasteiger partial charge on any atom is -0.507 e. The predicted octanol–water partition coefficient (Wildman–Crippen LogP) is 14.2. The first-order valence-corrected chi connectivity index (χ1v) is 20.7. The highest BCUT2D eigenvalue weighted by Gasteiger charge is 2.23. The molecule has 0 spiro atoms. The lowest BCUT2D eigenvalue weighted by molar-refractivity contribution is 0.477. The molecular formula is C55H50N4O. The lowest BCUT2D eigenvalue weighted by Crippen LogP contribution is -2.16. The molecule has 0 aliphatic heterocycles. The fraction of sp³-hybridized carbons (Fsp3) is 0.182. The Hall–Kier alpha value is -6.85. The van der Waals surface area contributed by atoms with E-state index in [1.807, 2.05) is 30.5 Å². The maximum absolute atomic E-state index is 11.1. The highest BCUT2D eigenvalue weighted by atomic mass is 16.3. The zero-order valence-electron chi connectivity index (χ0n) is 35.7. The number of aromatic nitrogens is 4. The van der Waals surface area contributed by atoms with E-state index in [4.69, 9.17) is 9.97 Å². The number of hydrogen-bond acceptors (Lipinski definition) is 4. The Morgan fingerprint density at radius 2 is 1.10 bits per heavy atom. The summed E-state index contributed by atoms with van der Waals surface area (Å²) in [6.45, 7) is 17.7. The molecule has 5 aromatic carbocycles. The van der Waals surface area contributed by atoms with E-state index in [2.05, 4.69) is 180 Å². The van der Waals surface area contributed by atoms with Crippen molar-refractivity contribution in [1.29, 1.82) is 0 Å². The summed E-state index contributed by atoms with van der Waals surface area (Å²) < 4.78 is 2.34. The molecule has 5 nitrogen and oxygen atoms in total. The molecule has 60 heavy (non-hydrogen) atoms. The lowest BCUT2D eigenvalue weighted by atomic mass is 9.79. The van der Waals surface area contributed by atoms with Gasteiger partial charge in [0, 0.05) is 56.3 Å². The largest absolute Gasteiger partial charge is 0.507 e. The van der Waals surface area contributed by atoms with E-state index >= 15 is 0 Å². The molecule has 0 saturated carbocycles. The van der Waals surface area contributed by atoms with Crippen LogP contribution in [-0.4, -0.2) is 24.6 Å². The minimum atomic E-state index is -0.0411. The van der Waals surface area contributed by atoms with Crippen LogP contribution in [0.3, 0.4) is 0 Å². The molecule has 0 amide bonds. The molecule has 9 rings (SSSR count). The van der Waals surface area contributed by atoms with Crippen molar-refractivity contribution < 1.29 is 5.11 Å². The van der Waals surface area contributed by atoms with Crippen LogP contribution in [-0.2, 0) is 10.8 Å². The second-order valence-electron chi connectivity index (χ2n) is 18.1. The van der Waals surface area contributed by atoms with Crippen LogP contribution in [0.4, 0.5) is 0 Å². The second kappa shape index (κ2) is 14.8. The number of rotatable bonds is 6. The number of hydrogen-bond donors (Lipinski definition) is 1. The molecule has 4 aromatic heterocycles. The molecule has 4 heterocycles. The van der Waals surface area contributed by atoms with Gasteiger partial charge in [-0.1, -0.05) is 120 Å². The van der Waals surface area contributed by atoms with Crippen molar-refractivity contribution in [1.82, 2.24) is 19.5 Å². The van der Waals surface area contributed by atoms with Gasteiger partial charge in [0.05, 0.1) is 28.1 Å². The SMILES string of the molecule is Cc1cc(-n2c3ccccc3c3cc(-c4cccnc4-c4cccc(-c5cc(-c6cc(C(C)(C)C)cc(C(C)(C)C)c6)cc(-c6ccccc6O)n5)c4)ccc32)cc(C)n1. The van der Waals surface area contributed by atoms with Crippen LogP contribution in [0.25, 0.3) is 83.5 Å². The van der Waals surface area contributed by atoms with Crippen molar-refractivity contribution in [2.24, 2.45) is 0 Å². The van der Waals surface area contributed by atoms with Gasteiger partial charge >= 0.3 is 0 Å². The summed E-state index contributed by atoms with van der Waals surface area (Å²) >= 11 is 0. The van der Waals surface area contributed by atoms with Gasteiger partial charge in [-0.2, -0.15) is 0 Å². The number of aryl methyl sites for hydroxylation is 2. The van der Waals surface area contributed by atoms with E-state index in [9.17, 15) is 5.11 Å². The summed E-state index contributed by atoms with van der Waals surface area (Å²) in [7, 11) is 0. The molecule has 1 N–H and O–H groups in total. The van der Waals surface area contributed by atoms with E-state index in [0.29, 0.717) is 11.3 Å². The number of nitrogens with zero attached hydrogens (tertiary/aromatic N) is 4. The first-order valence-electron chi connectivity index (χ1n) is 20.7. The van der Waals surface area contributed by atoms with Crippen molar-refractivity contribution in [3.63, 3.8) is 0 Å². The van der Waals surface area contributed by atoms with Crippen molar-refractivity contribution >= 4 is 21.8 Å². The molecule has 0 unspecified atom stereocenters. The van der Waals surface area contributed by atoms with E-state index in [1.165, 1.54) is 21.9 Å². The van der Waals surface area contributed by atoms with E-state index in [-0.39, 0.29) is 16.6 Å². The Morgan fingerprint density at radius 1 is 0.467 bits per heavy atom. The van der Waals surface area contributed by atoms with Crippen molar-refractivity contribution in [3.05, 3.63) is 174 Å². The molecule has 0 saturated heterocycles. The van der Waals surface area contributed by atoms with Gasteiger partial charge in [-0.05, 0) is 119 Å². The third kappa shape index (κ3) is 7.26. The summed E-state index contributed by atoms with van der Waals surface area (Å²) in [4.78, 5) is 14.9. The van der Waals surface area contributed by atoms with Gasteiger partial charge in [0.1, 0.15) is 5.75 Å². The van der Waals surface area contributed by atoms with Crippen LogP contribution in [0.2, 0.25) is 0 Å². The smallest absolute Gasteiger partial charge is 0.124 e. The molecule has 296 valence electrons. The first-order chi connectivity index (χ1) is 28.7.